The highest BCUT2D eigenvalue weighted by atomic mass is 35.5. The fourth-order valence-corrected chi connectivity index (χ4v) is 2.60. The van der Waals surface area contributed by atoms with Gasteiger partial charge < -0.3 is 10.6 Å². The van der Waals surface area contributed by atoms with Gasteiger partial charge in [-0.3, -0.25) is 4.79 Å². The Morgan fingerprint density at radius 2 is 2.06 bits per heavy atom. The lowest BCUT2D eigenvalue weighted by Crippen LogP contribution is -2.53. The van der Waals surface area contributed by atoms with E-state index < -0.39 is 0 Å². The second-order valence-corrected chi connectivity index (χ2v) is 6.86. The summed E-state index contributed by atoms with van der Waals surface area (Å²) in [5.74, 6) is 1.14. The molecule has 1 fully saturated rings. The highest BCUT2D eigenvalue weighted by molar-refractivity contribution is 7.99. The average molecular weight is 267 g/mol. The molecular weight excluding hydrogens is 244 g/mol. The molecular formula is C11H23ClN2OS. The molecule has 0 aromatic heterocycles. The molecule has 2 N–H and O–H groups in total. The van der Waals surface area contributed by atoms with Gasteiger partial charge in [0.1, 0.15) is 0 Å². The maximum Gasteiger partial charge on any atom is 0.240 e. The Bertz CT molecular complexity index is 243. The first-order valence-electron chi connectivity index (χ1n) is 5.48. The average Bonchev–Trinajstić information content (AvgIpc) is 2.14. The normalized spacial score (nSPS) is 23.6. The Hall–Kier alpha value is 0.0700. The Morgan fingerprint density at radius 1 is 1.50 bits per heavy atom. The molecule has 1 saturated heterocycles. The molecule has 5 heteroatoms. The van der Waals surface area contributed by atoms with Crippen LogP contribution in [0.1, 0.15) is 27.7 Å². The molecule has 0 spiro atoms. The Morgan fingerprint density at radius 3 is 2.50 bits per heavy atom. The molecule has 2 atom stereocenters. The predicted octanol–water partition coefficient (Wildman–Crippen LogP) is 1.75. The van der Waals surface area contributed by atoms with Crippen LogP contribution in [-0.4, -0.2) is 40.9 Å². The molecule has 0 saturated carbocycles. The van der Waals surface area contributed by atoms with Gasteiger partial charge in [0.25, 0.3) is 0 Å². The highest BCUT2D eigenvalue weighted by Crippen LogP contribution is 2.23. The van der Waals surface area contributed by atoms with E-state index in [4.69, 9.17) is 5.73 Å². The number of amides is 1. The van der Waals surface area contributed by atoms with Crippen LogP contribution in [0.4, 0.5) is 0 Å². The maximum atomic E-state index is 12.1. The van der Waals surface area contributed by atoms with Gasteiger partial charge >= 0.3 is 0 Å². The molecule has 0 bridgehead atoms. The molecule has 0 aromatic carbocycles. The van der Waals surface area contributed by atoms with Crippen molar-refractivity contribution in [3.8, 4) is 0 Å². The maximum absolute atomic E-state index is 12.1. The Kier molecular flexibility index (Phi) is 6.15. The van der Waals surface area contributed by atoms with Crippen LogP contribution in [0.2, 0.25) is 0 Å². The van der Waals surface area contributed by atoms with Crippen molar-refractivity contribution in [2.75, 3.05) is 18.8 Å². The lowest BCUT2D eigenvalue weighted by molar-refractivity contribution is -0.134. The standard InChI is InChI=1S/C11H22N2OS.ClH/c1-8-7-13(5-6-15-8)10(14)9(12)11(2,3)4;/h8-9H,5-7,12H2,1-4H3;1H/t8?,9-;/m1./s1. The lowest BCUT2D eigenvalue weighted by Gasteiger charge is -2.36. The van der Waals surface area contributed by atoms with Crippen molar-refractivity contribution in [3.63, 3.8) is 0 Å². The van der Waals surface area contributed by atoms with Crippen LogP contribution in [0.5, 0.6) is 0 Å². The molecule has 0 radical (unpaired) electrons. The third kappa shape index (κ3) is 4.15. The minimum Gasteiger partial charge on any atom is -0.339 e. The number of hydrogen-bond donors (Lipinski definition) is 1. The SMILES string of the molecule is CC1CN(C(=O)[C@@H](N)C(C)(C)C)CCS1.Cl. The van der Waals surface area contributed by atoms with Gasteiger partial charge in [-0.1, -0.05) is 27.7 Å². The van der Waals surface area contributed by atoms with Gasteiger partial charge in [-0.05, 0) is 5.41 Å². The number of rotatable bonds is 1. The molecule has 1 aliphatic heterocycles. The number of nitrogens with two attached hydrogens (primary N) is 1. The second-order valence-electron chi connectivity index (χ2n) is 5.31. The van der Waals surface area contributed by atoms with Crippen LogP contribution in [0.15, 0.2) is 0 Å². The first kappa shape index (κ1) is 16.1. The smallest absolute Gasteiger partial charge is 0.240 e. The van der Waals surface area contributed by atoms with Crippen LogP contribution in [-0.2, 0) is 4.79 Å². The molecule has 96 valence electrons. The quantitative estimate of drug-likeness (QED) is 0.787. The van der Waals surface area contributed by atoms with Crippen LogP contribution in [0.25, 0.3) is 0 Å². The van der Waals surface area contributed by atoms with Crippen LogP contribution in [0.3, 0.4) is 0 Å². The number of carbonyl (C=O) groups is 1. The van der Waals surface area contributed by atoms with Crippen molar-refractivity contribution in [2.45, 2.75) is 39.0 Å². The summed E-state index contributed by atoms with van der Waals surface area (Å²) < 4.78 is 0. The van der Waals surface area contributed by atoms with Crippen molar-refractivity contribution in [3.05, 3.63) is 0 Å². The van der Waals surface area contributed by atoms with Crippen LogP contribution >= 0.6 is 24.2 Å². The lowest BCUT2D eigenvalue weighted by atomic mass is 9.86. The van der Waals surface area contributed by atoms with E-state index in [0.29, 0.717) is 5.25 Å². The summed E-state index contributed by atoms with van der Waals surface area (Å²) in [7, 11) is 0. The number of hydrogen-bond acceptors (Lipinski definition) is 3. The molecule has 0 aliphatic carbocycles. The summed E-state index contributed by atoms with van der Waals surface area (Å²) in [6.07, 6.45) is 0. The van der Waals surface area contributed by atoms with Gasteiger partial charge in [0, 0.05) is 24.1 Å². The number of halogens is 1. The van der Waals surface area contributed by atoms with Crippen molar-refractivity contribution >= 4 is 30.1 Å². The zero-order valence-electron chi connectivity index (χ0n) is 10.5. The van der Waals surface area contributed by atoms with Gasteiger partial charge in [0.15, 0.2) is 0 Å². The minimum atomic E-state index is -0.382. The zero-order valence-corrected chi connectivity index (χ0v) is 12.2. The van der Waals surface area contributed by atoms with Crippen molar-refractivity contribution in [1.82, 2.24) is 4.90 Å². The summed E-state index contributed by atoms with van der Waals surface area (Å²) in [5.41, 5.74) is 5.82. The van der Waals surface area contributed by atoms with Gasteiger partial charge in [0.05, 0.1) is 6.04 Å². The van der Waals surface area contributed by atoms with E-state index in [1.165, 1.54) is 0 Å². The second kappa shape index (κ2) is 6.12. The topological polar surface area (TPSA) is 46.3 Å². The monoisotopic (exact) mass is 266 g/mol. The Labute approximate surface area is 109 Å². The van der Waals surface area contributed by atoms with E-state index >= 15 is 0 Å². The number of thioether (sulfide) groups is 1. The van der Waals surface area contributed by atoms with Crippen molar-refractivity contribution in [2.24, 2.45) is 11.1 Å². The first-order valence-corrected chi connectivity index (χ1v) is 6.53. The summed E-state index contributed by atoms with van der Waals surface area (Å²) in [6.45, 7) is 9.88. The molecule has 1 rings (SSSR count). The minimum absolute atomic E-state index is 0. The molecule has 1 amide bonds. The van der Waals surface area contributed by atoms with E-state index in [1.807, 2.05) is 37.4 Å². The summed E-state index contributed by atoms with van der Waals surface area (Å²) in [6, 6.07) is -0.382. The van der Waals surface area contributed by atoms with E-state index in [-0.39, 0.29) is 29.8 Å². The van der Waals surface area contributed by atoms with Gasteiger partial charge in [-0.15, -0.1) is 12.4 Å². The summed E-state index contributed by atoms with van der Waals surface area (Å²) >= 11 is 1.92. The van der Waals surface area contributed by atoms with Gasteiger partial charge in [-0.25, -0.2) is 0 Å². The first-order chi connectivity index (χ1) is 6.82. The zero-order chi connectivity index (χ0) is 11.6. The third-order valence-electron chi connectivity index (χ3n) is 2.75. The van der Waals surface area contributed by atoms with Crippen LogP contribution < -0.4 is 5.73 Å². The predicted molar refractivity (Wildman–Crippen MR) is 73.2 cm³/mol. The molecule has 0 aromatic rings. The largest absolute Gasteiger partial charge is 0.339 e. The fourth-order valence-electron chi connectivity index (χ4n) is 1.59. The fraction of sp³-hybridized carbons (Fsp3) is 0.909. The van der Waals surface area contributed by atoms with Gasteiger partial charge in [-0.2, -0.15) is 11.8 Å². The number of carbonyl (C=O) groups excluding carboxylic acids is 1. The molecule has 3 nitrogen and oxygen atoms in total. The Balaban J connectivity index is 0.00000225. The highest BCUT2D eigenvalue weighted by Gasteiger charge is 2.32. The van der Waals surface area contributed by atoms with E-state index in [1.54, 1.807) is 0 Å². The molecule has 1 unspecified atom stereocenters. The third-order valence-corrected chi connectivity index (χ3v) is 3.89. The molecule has 1 heterocycles. The van der Waals surface area contributed by atoms with E-state index in [9.17, 15) is 4.79 Å². The van der Waals surface area contributed by atoms with Crippen molar-refractivity contribution < 1.29 is 4.79 Å². The van der Waals surface area contributed by atoms with E-state index in [2.05, 4.69) is 6.92 Å². The number of nitrogens with zero attached hydrogens (tertiary/aromatic N) is 1. The van der Waals surface area contributed by atoms with E-state index in [0.717, 1.165) is 18.8 Å². The van der Waals surface area contributed by atoms with Crippen molar-refractivity contribution in [1.29, 1.82) is 0 Å². The summed E-state index contributed by atoms with van der Waals surface area (Å²) in [5, 5.41) is 0.537. The van der Waals surface area contributed by atoms with Gasteiger partial charge in [0.2, 0.25) is 5.91 Å². The molecule has 16 heavy (non-hydrogen) atoms. The van der Waals surface area contributed by atoms with Crippen LogP contribution in [0, 0.1) is 5.41 Å². The summed E-state index contributed by atoms with van der Waals surface area (Å²) in [4.78, 5) is 14.0. The molecule has 1 aliphatic rings.